The van der Waals surface area contributed by atoms with E-state index in [4.69, 9.17) is 8.83 Å². The van der Waals surface area contributed by atoms with Crippen LogP contribution in [0.1, 0.15) is 25.0 Å². The molecule has 0 N–H and O–H groups in total. The van der Waals surface area contributed by atoms with Crippen molar-refractivity contribution in [3.63, 3.8) is 0 Å². The van der Waals surface area contributed by atoms with Gasteiger partial charge in [-0.15, -0.1) is 0 Å². The fourth-order valence-corrected chi connectivity index (χ4v) is 8.78. The minimum Gasteiger partial charge on any atom is -0.456 e. The van der Waals surface area contributed by atoms with E-state index in [-0.39, 0.29) is 5.41 Å². The first-order valence-electron chi connectivity index (χ1n) is 17.9. The van der Waals surface area contributed by atoms with Crippen molar-refractivity contribution < 1.29 is 8.83 Å². The Morgan fingerprint density at radius 2 is 1.13 bits per heavy atom. The lowest BCUT2D eigenvalue weighted by Crippen LogP contribution is -2.16. The van der Waals surface area contributed by atoms with Crippen molar-refractivity contribution in [3.05, 3.63) is 175 Å². The Hall–Kier alpha value is -6.58. The third-order valence-corrected chi connectivity index (χ3v) is 11.3. The zero-order valence-electron chi connectivity index (χ0n) is 28.9. The van der Waals surface area contributed by atoms with Gasteiger partial charge < -0.3 is 13.7 Å². The molecule has 2 heterocycles. The molecular weight excluding hydrogens is 635 g/mol. The highest BCUT2D eigenvalue weighted by Crippen LogP contribution is 2.52. The van der Waals surface area contributed by atoms with Gasteiger partial charge >= 0.3 is 0 Å². The number of benzene rings is 8. The summed E-state index contributed by atoms with van der Waals surface area (Å²) >= 11 is 0. The van der Waals surface area contributed by atoms with Gasteiger partial charge in [0.25, 0.3) is 0 Å². The van der Waals surface area contributed by atoms with Gasteiger partial charge in [-0.25, -0.2) is 0 Å². The maximum Gasteiger partial charge on any atom is 0.143 e. The zero-order chi connectivity index (χ0) is 34.6. The monoisotopic (exact) mass is 667 g/mol. The summed E-state index contributed by atoms with van der Waals surface area (Å²) in [6, 6.07) is 58.7. The third kappa shape index (κ3) is 4.08. The summed E-state index contributed by atoms with van der Waals surface area (Å²) in [5.74, 6) is 0. The zero-order valence-corrected chi connectivity index (χ0v) is 28.9. The van der Waals surface area contributed by atoms with E-state index < -0.39 is 0 Å². The van der Waals surface area contributed by atoms with E-state index in [0.717, 1.165) is 82.8 Å². The number of rotatable bonds is 4. The summed E-state index contributed by atoms with van der Waals surface area (Å²) in [6.07, 6.45) is 0. The second kappa shape index (κ2) is 10.7. The van der Waals surface area contributed by atoms with Crippen LogP contribution in [0.5, 0.6) is 0 Å². The van der Waals surface area contributed by atoms with Crippen LogP contribution < -0.4 is 4.90 Å². The molecule has 0 spiro atoms. The minimum atomic E-state index is -0.118. The minimum absolute atomic E-state index is 0.118. The van der Waals surface area contributed by atoms with Gasteiger partial charge in [-0.05, 0) is 99.4 Å². The van der Waals surface area contributed by atoms with Crippen LogP contribution in [0, 0.1) is 0 Å². The number of nitrogens with zero attached hydrogens (tertiary/aromatic N) is 1. The number of furan rings is 2. The van der Waals surface area contributed by atoms with Crippen molar-refractivity contribution in [3.8, 4) is 22.3 Å². The summed E-state index contributed by atoms with van der Waals surface area (Å²) in [7, 11) is 0. The summed E-state index contributed by atoms with van der Waals surface area (Å²) < 4.78 is 13.2. The van der Waals surface area contributed by atoms with Crippen LogP contribution in [0.15, 0.2) is 173 Å². The van der Waals surface area contributed by atoms with E-state index in [9.17, 15) is 0 Å². The average molecular weight is 668 g/mol. The predicted molar refractivity (Wildman–Crippen MR) is 216 cm³/mol. The van der Waals surface area contributed by atoms with E-state index in [1.54, 1.807) is 0 Å². The Balaban J connectivity index is 1.17. The third-order valence-electron chi connectivity index (χ3n) is 11.3. The van der Waals surface area contributed by atoms with Gasteiger partial charge in [0.05, 0.1) is 11.1 Å². The Kier molecular flexibility index (Phi) is 6.01. The molecule has 0 saturated carbocycles. The largest absolute Gasteiger partial charge is 0.456 e. The van der Waals surface area contributed by atoms with E-state index in [1.807, 2.05) is 12.1 Å². The normalized spacial score (nSPS) is 13.3. The van der Waals surface area contributed by atoms with Gasteiger partial charge in [-0.2, -0.15) is 0 Å². The molecule has 0 saturated heterocycles. The molecule has 3 nitrogen and oxygen atoms in total. The molecule has 0 amide bonds. The van der Waals surface area contributed by atoms with Crippen molar-refractivity contribution in [2.75, 3.05) is 4.90 Å². The van der Waals surface area contributed by atoms with Crippen LogP contribution >= 0.6 is 0 Å². The Morgan fingerprint density at radius 3 is 2.02 bits per heavy atom. The fourth-order valence-electron chi connectivity index (χ4n) is 8.78. The smallest absolute Gasteiger partial charge is 0.143 e. The van der Waals surface area contributed by atoms with Gasteiger partial charge in [-0.3, -0.25) is 0 Å². The molecule has 52 heavy (non-hydrogen) atoms. The molecule has 1 aliphatic rings. The van der Waals surface area contributed by atoms with Crippen molar-refractivity contribution >= 4 is 71.7 Å². The highest BCUT2D eigenvalue weighted by molar-refractivity contribution is 6.23. The van der Waals surface area contributed by atoms with Crippen molar-refractivity contribution in [1.82, 2.24) is 0 Å². The van der Waals surface area contributed by atoms with Gasteiger partial charge in [0.15, 0.2) is 0 Å². The first-order valence-corrected chi connectivity index (χ1v) is 17.9. The number of para-hydroxylation sites is 2. The first-order chi connectivity index (χ1) is 25.5. The van der Waals surface area contributed by atoms with E-state index in [1.165, 1.54) is 22.3 Å². The average Bonchev–Trinajstić information content (AvgIpc) is 3.83. The maximum absolute atomic E-state index is 6.83. The van der Waals surface area contributed by atoms with Crippen LogP contribution in [0.25, 0.3) is 76.9 Å². The Labute approximate surface area is 301 Å². The van der Waals surface area contributed by atoms with Crippen molar-refractivity contribution in [2.24, 2.45) is 0 Å². The molecule has 246 valence electrons. The quantitative estimate of drug-likeness (QED) is 0.187. The van der Waals surface area contributed by atoms with Crippen molar-refractivity contribution in [1.29, 1.82) is 0 Å². The summed E-state index contributed by atoms with van der Waals surface area (Å²) in [4.78, 5) is 2.39. The van der Waals surface area contributed by atoms with Gasteiger partial charge in [-0.1, -0.05) is 117 Å². The van der Waals surface area contributed by atoms with Crippen LogP contribution in [0.2, 0.25) is 0 Å². The lowest BCUT2D eigenvalue weighted by Gasteiger charge is -2.28. The first kappa shape index (κ1) is 29.2. The summed E-state index contributed by atoms with van der Waals surface area (Å²) in [5, 5.41) is 6.66. The molecule has 2 aromatic heterocycles. The van der Waals surface area contributed by atoms with E-state index in [2.05, 4.69) is 170 Å². The van der Waals surface area contributed by atoms with Crippen molar-refractivity contribution in [2.45, 2.75) is 19.3 Å². The maximum atomic E-state index is 6.83. The molecule has 0 aliphatic heterocycles. The number of hydrogen-bond acceptors (Lipinski definition) is 3. The second-order valence-corrected chi connectivity index (χ2v) is 14.5. The number of anilines is 3. The second-order valence-electron chi connectivity index (χ2n) is 14.5. The molecule has 0 bridgehead atoms. The van der Waals surface area contributed by atoms with Gasteiger partial charge in [0.2, 0.25) is 0 Å². The molecule has 10 aromatic rings. The summed E-state index contributed by atoms with van der Waals surface area (Å²) in [5.41, 5.74) is 14.3. The fraction of sp³-hybridized carbons (Fsp3) is 0.0612. The Morgan fingerprint density at radius 1 is 0.423 bits per heavy atom. The standard InChI is InChI=1S/C49H33NO2/c1-49(2)41-19-10-8-16-34(41)35-26-24-32(28-42(35)49)50(31-13-4-3-5-14-31)43-20-12-22-45-47(43)40-29-39(33-15-6-7-18-38(33)48(40)52-45)30-23-25-37-36-17-9-11-21-44(36)51-46(37)27-30/h3-29H,1-2H3. The SMILES string of the molecule is CC1(C)c2ccccc2-c2ccc(N(c3ccccc3)c3cccc4oc5c6ccccc6c(-c6ccc7c(c6)oc6ccccc67)cc5c34)cc21. The number of fused-ring (bicyclic) bond motifs is 11. The lowest BCUT2D eigenvalue weighted by atomic mass is 9.82. The number of hydrogen-bond donors (Lipinski definition) is 0. The van der Waals surface area contributed by atoms with Gasteiger partial charge in [0.1, 0.15) is 22.3 Å². The molecule has 11 rings (SSSR count). The highest BCUT2D eigenvalue weighted by Gasteiger charge is 2.36. The molecule has 8 aromatic carbocycles. The molecule has 3 heteroatoms. The van der Waals surface area contributed by atoms with Crippen LogP contribution in [0.3, 0.4) is 0 Å². The van der Waals surface area contributed by atoms with Gasteiger partial charge in [0, 0.05) is 38.3 Å². The van der Waals surface area contributed by atoms with Crippen LogP contribution in [-0.4, -0.2) is 0 Å². The molecule has 0 unspecified atom stereocenters. The lowest BCUT2D eigenvalue weighted by molar-refractivity contribution is 0.660. The molecule has 0 atom stereocenters. The predicted octanol–water partition coefficient (Wildman–Crippen LogP) is 14.1. The molecule has 1 aliphatic carbocycles. The molecular formula is C49H33NO2. The van der Waals surface area contributed by atoms with Crippen LogP contribution in [-0.2, 0) is 5.41 Å². The molecule has 0 radical (unpaired) electrons. The Bertz CT molecular complexity index is 3050. The van der Waals surface area contributed by atoms with Crippen LogP contribution in [0.4, 0.5) is 17.1 Å². The topological polar surface area (TPSA) is 29.5 Å². The molecule has 0 fully saturated rings. The van der Waals surface area contributed by atoms with E-state index >= 15 is 0 Å². The van der Waals surface area contributed by atoms with E-state index in [0.29, 0.717) is 0 Å². The highest BCUT2D eigenvalue weighted by atomic mass is 16.3. The summed E-state index contributed by atoms with van der Waals surface area (Å²) in [6.45, 7) is 4.68.